The lowest BCUT2D eigenvalue weighted by Crippen LogP contribution is -2.19. The van der Waals surface area contributed by atoms with E-state index in [2.05, 4.69) is 20.4 Å². The van der Waals surface area contributed by atoms with Gasteiger partial charge in [-0.15, -0.1) is 11.3 Å². The first kappa shape index (κ1) is 16.5. The van der Waals surface area contributed by atoms with E-state index in [-0.39, 0.29) is 11.5 Å². The highest BCUT2D eigenvalue weighted by Gasteiger charge is 2.30. The minimum Gasteiger partial charge on any atom is -0.287 e. The van der Waals surface area contributed by atoms with E-state index < -0.39 is 6.30 Å². The molecule has 0 spiro atoms. The van der Waals surface area contributed by atoms with Gasteiger partial charge in [0.25, 0.3) is 5.56 Å². The number of fused-ring (bicyclic) bond motifs is 2. The van der Waals surface area contributed by atoms with Crippen LogP contribution >= 0.6 is 11.3 Å². The first-order valence-electron chi connectivity index (χ1n) is 8.74. The Balaban J connectivity index is 1.65. The first-order chi connectivity index (χ1) is 13.0. The van der Waals surface area contributed by atoms with Crippen LogP contribution in [-0.4, -0.2) is 36.8 Å². The molecule has 0 aliphatic carbocycles. The first-order valence-corrected chi connectivity index (χ1v) is 9.56. The van der Waals surface area contributed by atoms with Crippen molar-refractivity contribution in [1.82, 2.24) is 29.3 Å². The maximum atomic E-state index is 14.0. The molecule has 1 N–H and O–H groups in total. The van der Waals surface area contributed by atoms with E-state index in [1.165, 1.54) is 21.8 Å². The lowest BCUT2D eigenvalue weighted by molar-refractivity contribution is 0.284. The summed E-state index contributed by atoms with van der Waals surface area (Å²) in [5, 5.41) is 7.35. The van der Waals surface area contributed by atoms with E-state index in [0.717, 1.165) is 21.8 Å². The summed E-state index contributed by atoms with van der Waals surface area (Å²) in [6.07, 6.45) is 3.19. The number of halogens is 1. The van der Waals surface area contributed by atoms with E-state index >= 15 is 0 Å². The summed E-state index contributed by atoms with van der Waals surface area (Å²) < 4.78 is 17.2. The van der Waals surface area contributed by atoms with E-state index in [1.807, 2.05) is 26.1 Å². The van der Waals surface area contributed by atoms with Gasteiger partial charge in [0.15, 0.2) is 16.9 Å². The largest absolute Gasteiger partial charge is 0.287 e. The van der Waals surface area contributed by atoms with Crippen molar-refractivity contribution in [3.63, 3.8) is 0 Å². The molecule has 4 aromatic heterocycles. The highest BCUT2D eigenvalue weighted by Crippen LogP contribution is 2.33. The van der Waals surface area contributed by atoms with E-state index in [4.69, 9.17) is 0 Å². The Labute approximate surface area is 157 Å². The Morgan fingerprint density at radius 3 is 2.85 bits per heavy atom. The van der Waals surface area contributed by atoms with Crippen LogP contribution in [0.25, 0.3) is 22.0 Å². The van der Waals surface area contributed by atoms with Gasteiger partial charge in [-0.2, -0.15) is 5.10 Å². The third-order valence-corrected chi connectivity index (χ3v) is 6.01. The molecule has 1 aliphatic rings. The van der Waals surface area contributed by atoms with Crippen LogP contribution in [-0.2, 0) is 0 Å². The summed E-state index contributed by atoms with van der Waals surface area (Å²) in [4.78, 5) is 23.1. The predicted molar refractivity (Wildman–Crippen MR) is 101 cm³/mol. The molecule has 27 heavy (non-hydrogen) atoms. The fraction of sp³-hybridized carbons (Fsp3) is 0.333. The number of nitrogens with zero attached hydrogens (tertiary/aromatic N) is 5. The number of rotatable bonds is 2. The van der Waals surface area contributed by atoms with Crippen molar-refractivity contribution >= 4 is 21.9 Å². The molecule has 7 nitrogen and oxygen atoms in total. The molecule has 0 bridgehead atoms. The normalized spacial score (nSPS) is 20.1. The van der Waals surface area contributed by atoms with Crippen molar-refractivity contribution < 1.29 is 4.39 Å². The van der Waals surface area contributed by atoms with Gasteiger partial charge < -0.3 is 0 Å². The molecule has 9 heteroatoms. The second kappa shape index (κ2) is 5.93. The summed E-state index contributed by atoms with van der Waals surface area (Å²) in [7, 11) is 0. The van der Waals surface area contributed by atoms with Crippen LogP contribution in [0.15, 0.2) is 29.3 Å². The van der Waals surface area contributed by atoms with Crippen molar-refractivity contribution in [1.29, 1.82) is 0 Å². The standard InChI is InChI=1S/C18H17FN6OS/c1-9-5-13(23-25-7-10(2)21-17(9)25)12-6-15(26)24-8-14(27-18(24)22-12)11-3-4-20-16(11)19/h5-8,11,16,20H,3-4H2,1-2H3. The van der Waals surface area contributed by atoms with Crippen LogP contribution in [0.2, 0.25) is 0 Å². The summed E-state index contributed by atoms with van der Waals surface area (Å²) in [6, 6.07) is 3.35. The Morgan fingerprint density at radius 1 is 1.22 bits per heavy atom. The highest BCUT2D eigenvalue weighted by molar-refractivity contribution is 7.17. The van der Waals surface area contributed by atoms with Crippen LogP contribution in [0.5, 0.6) is 0 Å². The molecule has 1 saturated heterocycles. The minimum absolute atomic E-state index is 0.194. The monoisotopic (exact) mass is 384 g/mol. The predicted octanol–water partition coefficient (Wildman–Crippen LogP) is 2.46. The fourth-order valence-corrected chi connectivity index (χ4v) is 4.69. The lowest BCUT2D eigenvalue weighted by atomic mass is 10.1. The van der Waals surface area contributed by atoms with Crippen LogP contribution in [0.4, 0.5) is 4.39 Å². The molecule has 2 atom stereocenters. The third-order valence-electron chi connectivity index (χ3n) is 4.89. The number of nitrogens with one attached hydrogen (secondary N) is 1. The molecule has 0 amide bonds. The fourth-order valence-electron chi connectivity index (χ4n) is 3.54. The van der Waals surface area contributed by atoms with Gasteiger partial charge in [-0.1, -0.05) is 0 Å². The van der Waals surface area contributed by atoms with Gasteiger partial charge in [0.1, 0.15) is 5.69 Å². The van der Waals surface area contributed by atoms with Gasteiger partial charge in [-0.3, -0.25) is 14.5 Å². The molecule has 138 valence electrons. The van der Waals surface area contributed by atoms with Gasteiger partial charge in [0.05, 0.1) is 17.6 Å². The molecule has 0 aromatic carbocycles. The van der Waals surface area contributed by atoms with Gasteiger partial charge in [0, 0.05) is 23.1 Å². The number of alkyl halides is 1. The summed E-state index contributed by atoms with van der Waals surface area (Å²) in [6.45, 7) is 4.50. The van der Waals surface area contributed by atoms with Gasteiger partial charge in [-0.25, -0.2) is 18.9 Å². The third kappa shape index (κ3) is 2.65. The number of imidazole rings is 1. The number of hydrogen-bond donors (Lipinski definition) is 1. The molecule has 0 radical (unpaired) electrons. The molecule has 1 aliphatic heterocycles. The maximum absolute atomic E-state index is 14.0. The van der Waals surface area contributed by atoms with Crippen molar-refractivity contribution in [2.45, 2.75) is 32.5 Å². The number of aryl methyl sites for hydroxylation is 2. The SMILES string of the molecule is Cc1cn2nc(-c3cc(=O)n4cc(C5CCNC5F)sc4n3)cc(C)c2n1. The van der Waals surface area contributed by atoms with Crippen LogP contribution < -0.4 is 10.9 Å². The van der Waals surface area contributed by atoms with Crippen molar-refractivity contribution in [2.75, 3.05) is 6.54 Å². The topological polar surface area (TPSA) is 76.6 Å². The average molecular weight is 384 g/mol. The Hall–Kier alpha value is -2.65. The Kier molecular flexibility index (Phi) is 3.63. The average Bonchev–Trinajstić information content (AvgIpc) is 3.32. The van der Waals surface area contributed by atoms with Crippen LogP contribution in [0, 0.1) is 13.8 Å². The van der Waals surface area contributed by atoms with Gasteiger partial charge in [0.2, 0.25) is 0 Å². The second-order valence-corrected chi connectivity index (χ2v) is 7.92. The smallest absolute Gasteiger partial charge is 0.259 e. The highest BCUT2D eigenvalue weighted by atomic mass is 32.1. The zero-order valence-electron chi connectivity index (χ0n) is 14.8. The molecular weight excluding hydrogens is 367 g/mol. The molecule has 2 unspecified atom stereocenters. The zero-order chi connectivity index (χ0) is 18.7. The lowest BCUT2D eigenvalue weighted by Gasteiger charge is -2.07. The molecular formula is C18H17FN6OS. The minimum atomic E-state index is -1.08. The van der Waals surface area contributed by atoms with E-state index in [0.29, 0.717) is 29.3 Å². The molecule has 5 heterocycles. The Bertz CT molecular complexity index is 1240. The molecule has 0 saturated carbocycles. The summed E-state index contributed by atoms with van der Waals surface area (Å²) >= 11 is 1.36. The van der Waals surface area contributed by atoms with Crippen LogP contribution in [0.1, 0.15) is 28.5 Å². The number of aromatic nitrogens is 5. The van der Waals surface area contributed by atoms with Crippen molar-refractivity contribution in [2.24, 2.45) is 0 Å². The van der Waals surface area contributed by atoms with Crippen molar-refractivity contribution in [3.8, 4) is 11.4 Å². The van der Waals surface area contributed by atoms with E-state index in [9.17, 15) is 9.18 Å². The summed E-state index contributed by atoms with van der Waals surface area (Å²) in [5.74, 6) is -0.231. The number of hydrogen-bond acceptors (Lipinski definition) is 6. The zero-order valence-corrected chi connectivity index (χ0v) is 15.6. The maximum Gasteiger partial charge on any atom is 0.259 e. The molecule has 1 fully saturated rings. The van der Waals surface area contributed by atoms with E-state index in [1.54, 1.807) is 10.7 Å². The van der Waals surface area contributed by atoms with Gasteiger partial charge >= 0.3 is 0 Å². The van der Waals surface area contributed by atoms with Crippen LogP contribution in [0.3, 0.4) is 0 Å². The van der Waals surface area contributed by atoms with Crippen molar-refractivity contribution in [3.05, 3.63) is 51.0 Å². The Morgan fingerprint density at radius 2 is 2.07 bits per heavy atom. The summed E-state index contributed by atoms with van der Waals surface area (Å²) in [5.41, 5.74) is 3.54. The number of thiazole rings is 1. The second-order valence-electron chi connectivity index (χ2n) is 6.88. The molecule has 4 aromatic rings. The quantitative estimate of drug-likeness (QED) is 0.537. The molecule has 5 rings (SSSR count). The van der Waals surface area contributed by atoms with Gasteiger partial charge in [-0.05, 0) is 38.4 Å².